The van der Waals surface area contributed by atoms with Crippen LogP contribution in [0, 0.1) is 0 Å². The first-order chi connectivity index (χ1) is 11.9. The first-order valence-electron chi connectivity index (χ1n) is 7.83. The SMILES string of the molecule is COc1cc2[nH]ncc2cc1-c1ccc(NC(=O)OC(C)(C)C)nc1. The zero-order valence-electron chi connectivity index (χ0n) is 14.6. The highest BCUT2D eigenvalue weighted by Gasteiger charge is 2.16. The lowest BCUT2D eigenvalue weighted by Gasteiger charge is -2.19. The maximum absolute atomic E-state index is 11.8. The second kappa shape index (κ2) is 6.43. The summed E-state index contributed by atoms with van der Waals surface area (Å²) >= 11 is 0. The molecule has 25 heavy (non-hydrogen) atoms. The van der Waals surface area contributed by atoms with Crippen LogP contribution in [0.5, 0.6) is 5.75 Å². The second-order valence-corrected chi connectivity index (χ2v) is 6.57. The molecule has 0 radical (unpaired) electrons. The van der Waals surface area contributed by atoms with Gasteiger partial charge in [0, 0.05) is 28.8 Å². The van der Waals surface area contributed by atoms with Gasteiger partial charge in [-0.3, -0.25) is 10.4 Å². The van der Waals surface area contributed by atoms with E-state index in [4.69, 9.17) is 9.47 Å². The number of fused-ring (bicyclic) bond motifs is 1. The summed E-state index contributed by atoms with van der Waals surface area (Å²) in [6.07, 6.45) is 2.89. The standard InChI is InChI=1S/C18H20N4O3/c1-18(2,3)25-17(23)21-16-6-5-11(9-19-16)13-7-12-10-20-22-14(12)8-15(13)24-4/h5-10H,1-4H3,(H,20,22)(H,19,21,23). The molecule has 0 aliphatic heterocycles. The van der Waals surface area contributed by atoms with Gasteiger partial charge in [-0.05, 0) is 39.0 Å². The van der Waals surface area contributed by atoms with Crippen molar-refractivity contribution in [1.82, 2.24) is 15.2 Å². The molecule has 7 heteroatoms. The average molecular weight is 340 g/mol. The number of ether oxygens (including phenoxy) is 2. The number of nitrogens with zero attached hydrogens (tertiary/aromatic N) is 2. The molecule has 1 amide bonds. The van der Waals surface area contributed by atoms with Gasteiger partial charge in [-0.2, -0.15) is 5.10 Å². The van der Waals surface area contributed by atoms with Gasteiger partial charge in [-0.1, -0.05) is 0 Å². The fourth-order valence-corrected chi connectivity index (χ4v) is 2.40. The first kappa shape index (κ1) is 16.8. The number of aromatic amines is 1. The van der Waals surface area contributed by atoms with Crippen LogP contribution in [0.15, 0.2) is 36.7 Å². The average Bonchev–Trinajstić information content (AvgIpc) is 2.99. The van der Waals surface area contributed by atoms with Gasteiger partial charge in [-0.25, -0.2) is 9.78 Å². The van der Waals surface area contributed by atoms with Crippen LogP contribution in [0.1, 0.15) is 20.8 Å². The highest BCUT2D eigenvalue weighted by atomic mass is 16.6. The molecular weight excluding hydrogens is 320 g/mol. The summed E-state index contributed by atoms with van der Waals surface area (Å²) in [5.41, 5.74) is 2.11. The van der Waals surface area contributed by atoms with E-state index < -0.39 is 11.7 Å². The molecule has 2 heterocycles. The molecule has 0 atom stereocenters. The number of nitrogens with one attached hydrogen (secondary N) is 2. The van der Waals surface area contributed by atoms with E-state index in [0.717, 1.165) is 22.0 Å². The van der Waals surface area contributed by atoms with Gasteiger partial charge in [0.2, 0.25) is 0 Å². The Balaban J connectivity index is 1.84. The van der Waals surface area contributed by atoms with Crippen LogP contribution in [0.25, 0.3) is 22.0 Å². The predicted octanol–water partition coefficient (Wildman–Crippen LogP) is 3.98. The molecular formula is C18H20N4O3. The summed E-state index contributed by atoms with van der Waals surface area (Å²) in [5, 5.41) is 10.5. The smallest absolute Gasteiger partial charge is 0.413 e. The van der Waals surface area contributed by atoms with Crippen LogP contribution in [0.4, 0.5) is 10.6 Å². The van der Waals surface area contributed by atoms with Crippen LogP contribution >= 0.6 is 0 Å². The van der Waals surface area contributed by atoms with Crippen molar-refractivity contribution in [2.45, 2.75) is 26.4 Å². The fraction of sp³-hybridized carbons (Fsp3) is 0.278. The van der Waals surface area contributed by atoms with Crippen LogP contribution in [0.2, 0.25) is 0 Å². The summed E-state index contributed by atoms with van der Waals surface area (Å²) in [7, 11) is 1.62. The maximum atomic E-state index is 11.8. The second-order valence-electron chi connectivity index (χ2n) is 6.57. The third-order valence-electron chi connectivity index (χ3n) is 3.46. The largest absolute Gasteiger partial charge is 0.496 e. The molecule has 0 aliphatic rings. The number of H-pyrrole nitrogens is 1. The van der Waals surface area contributed by atoms with E-state index in [2.05, 4.69) is 20.5 Å². The van der Waals surface area contributed by atoms with Gasteiger partial charge < -0.3 is 9.47 Å². The zero-order chi connectivity index (χ0) is 18.0. The van der Waals surface area contributed by atoms with Crippen molar-refractivity contribution in [3.63, 3.8) is 0 Å². The van der Waals surface area contributed by atoms with Gasteiger partial charge in [0.15, 0.2) is 0 Å². The van der Waals surface area contributed by atoms with E-state index in [0.29, 0.717) is 11.6 Å². The third kappa shape index (κ3) is 3.88. The molecule has 0 aliphatic carbocycles. The van der Waals surface area contributed by atoms with Crippen molar-refractivity contribution >= 4 is 22.8 Å². The number of anilines is 1. The van der Waals surface area contributed by atoms with Gasteiger partial charge >= 0.3 is 6.09 Å². The monoisotopic (exact) mass is 340 g/mol. The first-order valence-corrected chi connectivity index (χ1v) is 7.83. The number of pyridine rings is 1. The molecule has 1 aromatic carbocycles. The number of hydrogen-bond donors (Lipinski definition) is 2. The Morgan fingerprint density at radius 1 is 1.20 bits per heavy atom. The van der Waals surface area contributed by atoms with Crippen molar-refractivity contribution in [2.75, 3.05) is 12.4 Å². The summed E-state index contributed by atoms with van der Waals surface area (Å²) < 4.78 is 10.7. The Labute approximate surface area is 145 Å². The van der Waals surface area contributed by atoms with Crippen molar-refractivity contribution in [3.8, 4) is 16.9 Å². The lowest BCUT2D eigenvalue weighted by atomic mass is 10.0. The molecule has 0 unspecified atom stereocenters. The number of carbonyl (C=O) groups is 1. The molecule has 2 N–H and O–H groups in total. The fourth-order valence-electron chi connectivity index (χ4n) is 2.40. The molecule has 2 aromatic heterocycles. The minimum absolute atomic E-state index is 0.418. The molecule has 0 saturated heterocycles. The minimum Gasteiger partial charge on any atom is -0.496 e. The third-order valence-corrected chi connectivity index (χ3v) is 3.46. The normalized spacial score (nSPS) is 11.4. The molecule has 3 aromatic rings. The van der Waals surface area contributed by atoms with Crippen molar-refractivity contribution in [3.05, 3.63) is 36.7 Å². The van der Waals surface area contributed by atoms with Crippen LogP contribution in [-0.2, 0) is 4.74 Å². The molecule has 3 rings (SSSR count). The molecule has 0 saturated carbocycles. The van der Waals surface area contributed by atoms with Gasteiger partial charge in [0.1, 0.15) is 17.2 Å². The number of carbonyl (C=O) groups excluding carboxylic acids is 1. The van der Waals surface area contributed by atoms with Crippen LogP contribution in [0.3, 0.4) is 0 Å². The highest BCUT2D eigenvalue weighted by Crippen LogP contribution is 2.33. The number of methoxy groups -OCH3 is 1. The Hall–Kier alpha value is -3.09. The van der Waals surface area contributed by atoms with Gasteiger partial charge in [-0.15, -0.1) is 0 Å². The summed E-state index contributed by atoms with van der Waals surface area (Å²) in [5.74, 6) is 1.13. The summed E-state index contributed by atoms with van der Waals surface area (Å²) in [4.78, 5) is 16.1. The number of benzene rings is 1. The van der Waals surface area contributed by atoms with E-state index in [-0.39, 0.29) is 0 Å². The Morgan fingerprint density at radius 2 is 2.00 bits per heavy atom. The van der Waals surface area contributed by atoms with E-state index in [1.54, 1.807) is 46.3 Å². The van der Waals surface area contributed by atoms with E-state index in [1.165, 1.54) is 0 Å². The minimum atomic E-state index is -0.558. The lowest BCUT2D eigenvalue weighted by molar-refractivity contribution is 0.0635. The van der Waals surface area contributed by atoms with Gasteiger partial charge in [0.25, 0.3) is 0 Å². The van der Waals surface area contributed by atoms with Crippen molar-refractivity contribution in [2.24, 2.45) is 0 Å². The Kier molecular flexibility index (Phi) is 4.31. The highest BCUT2D eigenvalue weighted by molar-refractivity contribution is 5.88. The summed E-state index contributed by atoms with van der Waals surface area (Å²) in [6, 6.07) is 7.46. The molecule has 0 bridgehead atoms. The van der Waals surface area contributed by atoms with E-state index in [1.807, 2.05) is 18.2 Å². The van der Waals surface area contributed by atoms with Gasteiger partial charge in [0.05, 0.1) is 18.8 Å². The maximum Gasteiger partial charge on any atom is 0.413 e. The lowest BCUT2D eigenvalue weighted by Crippen LogP contribution is -2.27. The molecule has 130 valence electrons. The van der Waals surface area contributed by atoms with E-state index in [9.17, 15) is 4.79 Å². The van der Waals surface area contributed by atoms with Crippen molar-refractivity contribution < 1.29 is 14.3 Å². The summed E-state index contributed by atoms with van der Waals surface area (Å²) in [6.45, 7) is 5.42. The predicted molar refractivity (Wildman–Crippen MR) is 95.7 cm³/mol. The quantitative estimate of drug-likeness (QED) is 0.753. The molecule has 7 nitrogen and oxygen atoms in total. The van der Waals surface area contributed by atoms with Crippen LogP contribution < -0.4 is 10.1 Å². The number of amides is 1. The van der Waals surface area contributed by atoms with Crippen LogP contribution in [-0.4, -0.2) is 34.0 Å². The number of aromatic nitrogens is 3. The topological polar surface area (TPSA) is 89.1 Å². The Bertz CT molecular complexity index is 895. The molecule has 0 spiro atoms. The van der Waals surface area contributed by atoms with E-state index >= 15 is 0 Å². The number of rotatable bonds is 3. The number of hydrogen-bond acceptors (Lipinski definition) is 5. The van der Waals surface area contributed by atoms with Crippen molar-refractivity contribution in [1.29, 1.82) is 0 Å². The molecule has 0 fully saturated rings. The zero-order valence-corrected chi connectivity index (χ0v) is 14.6. The Morgan fingerprint density at radius 3 is 2.64 bits per heavy atom.